The molecule has 0 radical (unpaired) electrons. The van der Waals surface area contributed by atoms with Gasteiger partial charge in [-0.05, 0) is 20.5 Å². The second-order valence-electron chi connectivity index (χ2n) is 1.86. The van der Waals surface area contributed by atoms with Crippen LogP contribution in [0.3, 0.4) is 0 Å². The maximum absolute atomic E-state index is 5.68. The molecule has 0 saturated heterocycles. The summed E-state index contributed by atoms with van der Waals surface area (Å²) in [6, 6.07) is 0. The molecular weight excluding hydrogens is 145 g/mol. The second kappa shape index (κ2) is 2.90. The van der Waals surface area contributed by atoms with Crippen molar-refractivity contribution in [3.8, 4) is 0 Å². The minimum absolute atomic E-state index is 0.714. The van der Waals surface area contributed by atoms with E-state index < -0.39 is 4.46 Å². The van der Waals surface area contributed by atoms with E-state index in [1.165, 1.54) is 0 Å². The molecule has 0 unspecified atom stereocenters. The third-order valence-electron chi connectivity index (χ3n) is 1.14. The van der Waals surface area contributed by atoms with E-state index in [1.54, 1.807) is 6.92 Å². The van der Waals surface area contributed by atoms with Gasteiger partial charge in [0.05, 0.1) is 0 Å². The number of alkyl halides is 2. The molecule has 0 saturated carbocycles. The largest absolute Gasteiger partial charge is 0.276 e. The van der Waals surface area contributed by atoms with E-state index in [1.807, 2.05) is 18.9 Å². The molecule has 50 valence electrons. The average molecular weight is 156 g/mol. The first-order chi connectivity index (χ1) is 3.48. The van der Waals surface area contributed by atoms with Crippen molar-refractivity contribution in [2.75, 3.05) is 13.6 Å². The van der Waals surface area contributed by atoms with Crippen LogP contribution in [0.15, 0.2) is 0 Å². The minimum Gasteiger partial charge on any atom is -0.276 e. The van der Waals surface area contributed by atoms with E-state index in [2.05, 4.69) is 0 Å². The molecule has 0 aliphatic heterocycles. The third-order valence-corrected chi connectivity index (χ3v) is 1.72. The highest BCUT2D eigenvalue weighted by atomic mass is 35.5. The Kier molecular flexibility index (Phi) is 3.10. The van der Waals surface area contributed by atoms with Gasteiger partial charge < -0.3 is 0 Å². The predicted molar refractivity (Wildman–Crippen MR) is 38.4 cm³/mol. The smallest absolute Gasteiger partial charge is 0.168 e. The fraction of sp³-hybridized carbons (Fsp3) is 1.00. The maximum Gasteiger partial charge on any atom is 0.168 e. The SMILES string of the molecule is CCN(C)C(C)(Cl)Cl. The molecule has 0 amide bonds. The molecule has 0 aliphatic rings. The molecule has 1 nitrogen and oxygen atoms in total. The summed E-state index contributed by atoms with van der Waals surface area (Å²) in [5.41, 5.74) is 0. The van der Waals surface area contributed by atoms with Crippen molar-refractivity contribution in [3.05, 3.63) is 0 Å². The molecular formula is C5H11Cl2N. The molecule has 0 aromatic heterocycles. The molecule has 0 spiro atoms. The van der Waals surface area contributed by atoms with Crippen molar-refractivity contribution in [2.45, 2.75) is 18.3 Å². The Balaban J connectivity index is 3.62. The summed E-state index contributed by atoms with van der Waals surface area (Å²) in [7, 11) is 1.88. The highest BCUT2D eigenvalue weighted by Crippen LogP contribution is 2.22. The Morgan fingerprint density at radius 2 is 1.88 bits per heavy atom. The Morgan fingerprint density at radius 1 is 1.50 bits per heavy atom. The second-order valence-corrected chi connectivity index (χ2v) is 3.52. The first kappa shape index (κ1) is 8.54. The van der Waals surface area contributed by atoms with Gasteiger partial charge in [0.2, 0.25) is 0 Å². The lowest BCUT2D eigenvalue weighted by Crippen LogP contribution is -2.32. The van der Waals surface area contributed by atoms with Crippen molar-refractivity contribution < 1.29 is 0 Å². The molecule has 0 atom stereocenters. The third kappa shape index (κ3) is 2.75. The Morgan fingerprint density at radius 3 is 1.88 bits per heavy atom. The summed E-state index contributed by atoms with van der Waals surface area (Å²) < 4.78 is -0.714. The topological polar surface area (TPSA) is 3.24 Å². The van der Waals surface area contributed by atoms with Crippen molar-refractivity contribution in [3.63, 3.8) is 0 Å². The van der Waals surface area contributed by atoms with Gasteiger partial charge in [-0.1, -0.05) is 30.1 Å². The molecule has 0 bridgehead atoms. The van der Waals surface area contributed by atoms with E-state index in [0.717, 1.165) is 6.54 Å². The first-order valence-electron chi connectivity index (χ1n) is 2.57. The predicted octanol–water partition coefficient (Wildman–Crippen LogP) is 2.09. The molecule has 3 heteroatoms. The lowest BCUT2D eigenvalue weighted by molar-refractivity contribution is 0.307. The Hall–Kier alpha value is 0.540. The molecule has 0 heterocycles. The van der Waals surface area contributed by atoms with Crippen LogP contribution < -0.4 is 0 Å². The Labute approximate surface area is 60.6 Å². The zero-order valence-corrected chi connectivity index (χ0v) is 6.92. The van der Waals surface area contributed by atoms with Crippen molar-refractivity contribution in [1.29, 1.82) is 0 Å². The molecule has 0 aromatic carbocycles. The highest BCUT2D eigenvalue weighted by Gasteiger charge is 2.20. The molecule has 0 aliphatic carbocycles. The van der Waals surface area contributed by atoms with E-state index in [4.69, 9.17) is 23.2 Å². The number of rotatable bonds is 2. The lowest BCUT2D eigenvalue weighted by atomic mass is 10.6. The fourth-order valence-electron chi connectivity index (χ4n) is 0.278. The van der Waals surface area contributed by atoms with E-state index in [9.17, 15) is 0 Å². The fourth-order valence-corrected chi connectivity index (χ4v) is 0.517. The van der Waals surface area contributed by atoms with Gasteiger partial charge in [0.1, 0.15) is 0 Å². The summed E-state index contributed by atoms with van der Waals surface area (Å²) in [4.78, 5) is 1.84. The molecule has 0 rings (SSSR count). The van der Waals surface area contributed by atoms with Crippen LogP contribution in [0.25, 0.3) is 0 Å². The summed E-state index contributed by atoms with van der Waals surface area (Å²) in [5, 5.41) is 0. The standard InChI is InChI=1S/C5H11Cl2N/c1-4-8(3)5(2,6)7/h4H2,1-3H3. The van der Waals surface area contributed by atoms with E-state index in [0.29, 0.717) is 0 Å². The first-order valence-corrected chi connectivity index (χ1v) is 3.33. The van der Waals surface area contributed by atoms with E-state index in [-0.39, 0.29) is 0 Å². The summed E-state index contributed by atoms with van der Waals surface area (Å²) in [6.45, 7) is 4.62. The average Bonchev–Trinajstić information content (AvgIpc) is 1.62. The minimum atomic E-state index is -0.714. The van der Waals surface area contributed by atoms with Crippen LogP contribution >= 0.6 is 23.2 Å². The van der Waals surface area contributed by atoms with Gasteiger partial charge in [0.25, 0.3) is 0 Å². The summed E-state index contributed by atoms with van der Waals surface area (Å²) in [5.74, 6) is 0. The number of hydrogen-bond donors (Lipinski definition) is 0. The number of halogens is 2. The van der Waals surface area contributed by atoms with Gasteiger partial charge in [-0.2, -0.15) is 0 Å². The van der Waals surface area contributed by atoms with Gasteiger partial charge in [0.15, 0.2) is 4.46 Å². The summed E-state index contributed by atoms with van der Waals surface area (Å²) in [6.07, 6.45) is 0. The number of hydrogen-bond acceptors (Lipinski definition) is 1. The zero-order valence-electron chi connectivity index (χ0n) is 5.41. The van der Waals surface area contributed by atoms with Gasteiger partial charge in [-0.3, -0.25) is 4.90 Å². The lowest BCUT2D eigenvalue weighted by Gasteiger charge is -2.24. The highest BCUT2D eigenvalue weighted by molar-refractivity contribution is 6.47. The van der Waals surface area contributed by atoms with E-state index >= 15 is 0 Å². The van der Waals surface area contributed by atoms with Gasteiger partial charge in [0, 0.05) is 0 Å². The van der Waals surface area contributed by atoms with Crippen LogP contribution in [0.4, 0.5) is 0 Å². The monoisotopic (exact) mass is 155 g/mol. The maximum atomic E-state index is 5.68. The van der Waals surface area contributed by atoms with Crippen LogP contribution in [0.2, 0.25) is 0 Å². The van der Waals surface area contributed by atoms with Crippen LogP contribution in [-0.4, -0.2) is 22.9 Å². The van der Waals surface area contributed by atoms with Gasteiger partial charge >= 0.3 is 0 Å². The van der Waals surface area contributed by atoms with Gasteiger partial charge in [-0.25, -0.2) is 0 Å². The Bertz CT molecular complexity index is 67.3. The van der Waals surface area contributed by atoms with Crippen LogP contribution in [0.5, 0.6) is 0 Å². The van der Waals surface area contributed by atoms with Crippen LogP contribution in [-0.2, 0) is 0 Å². The molecule has 8 heavy (non-hydrogen) atoms. The van der Waals surface area contributed by atoms with Gasteiger partial charge in [-0.15, -0.1) is 0 Å². The quantitative estimate of drug-likeness (QED) is 0.437. The van der Waals surface area contributed by atoms with Crippen molar-refractivity contribution >= 4 is 23.2 Å². The molecule has 0 fully saturated rings. The zero-order chi connectivity index (χ0) is 6.78. The normalized spacial score (nSPS) is 12.8. The summed E-state index contributed by atoms with van der Waals surface area (Å²) >= 11 is 11.4. The van der Waals surface area contributed by atoms with Crippen LogP contribution in [0, 0.1) is 0 Å². The number of nitrogens with zero attached hydrogens (tertiary/aromatic N) is 1. The van der Waals surface area contributed by atoms with Crippen molar-refractivity contribution in [2.24, 2.45) is 0 Å². The van der Waals surface area contributed by atoms with Crippen LogP contribution in [0.1, 0.15) is 13.8 Å². The van der Waals surface area contributed by atoms with Crippen molar-refractivity contribution in [1.82, 2.24) is 4.90 Å². The molecule has 0 aromatic rings. The molecule has 0 N–H and O–H groups in total.